The zero-order chi connectivity index (χ0) is 19.1. The first-order valence-electron chi connectivity index (χ1n) is 10.4. The summed E-state index contributed by atoms with van der Waals surface area (Å²) in [6.07, 6.45) is 4.87. The fourth-order valence-corrected chi connectivity index (χ4v) is 5.34. The quantitative estimate of drug-likeness (QED) is 0.792. The number of hydrogen-bond acceptors (Lipinski definition) is 3. The zero-order valence-electron chi connectivity index (χ0n) is 16.0. The molecular weight excluding hydrogens is 356 g/mol. The van der Waals surface area contributed by atoms with Gasteiger partial charge in [0.15, 0.2) is 0 Å². The number of nitrogens with one attached hydrogen (secondary N) is 2. The minimum absolute atomic E-state index is 0.126. The van der Waals surface area contributed by atoms with Crippen LogP contribution in [-0.2, 0) is 0 Å². The summed E-state index contributed by atoms with van der Waals surface area (Å²) < 4.78 is 27.0. The highest BCUT2D eigenvalue weighted by atomic mass is 19.1. The van der Waals surface area contributed by atoms with Gasteiger partial charge in [0.25, 0.3) is 0 Å². The fraction of sp³-hybridized carbons (Fsp3) is 0.478. The summed E-state index contributed by atoms with van der Waals surface area (Å²) in [5.41, 5.74) is 3.15. The van der Waals surface area contributed by atoms with E-state index in [0.717, 1.165) is 31.0 Å². The van der Waals surface area contributed by atoms with Crippen LogP contribution in [0.2, 0.25) is 0 Å². The Balaban J connectivity index is 1.12. The minimum Gasteiger partial charge on any atom is -0.384 e. The van der Waals surface area contributed by atoms with Crippen molar-refractivity contribution in [3.05, 3.63) is 59.7 Å². The molecule has 1 aliphatic carbocycles. The highest BCUT2D eigenvalue weighted by molar-refractivity contribution is 5.58. The van der Waals surface area contributed by atoms with Crippen LogP contribution in [-0.4, -0.2) is 36.6 Å². The molecule has 0 spiro atoms. The summed E-state index contributed by atoms with van der Waals surface area (Å²) in [7, 11) is 0. The van der Waals surface area contributed by atoms with Crippen molar-refractivity contribution in [3.8, 4) is 0 Å². The molecule has 148 valence electrons. The molecule has 5 heteroatoms. The second kappa shape index (κ2) is 7.36. The number of halogens is 2. The van der Waals surface area contributed by atoms with Gasteiger partial charge in [-0.25, -0.2) is 8.78 Å². The first kappa shape index (κ1) is 17.9. The van der Waals surface area contributed by atoms with E-state index < -0.39 is 0 Å². The molecule has 2 aliphatic heterocycles. The van der Waals surface area contributed by atoms with Crippen LogP contribution >= 0.6 is 0 Å². The molecule has 0 aromatic heterocycles. The topological polar surface area (TPSA) is 27.3 Å². The van der Waals surface area contributed by atoms with Gasteiger partial charge in [0.1, 0.15) is 11.6 Å². The maximum atomic E-state index is 13.7. The molecule has 3 nitrogen and oxygen atoms in total. The molecule has 28 heavy (non-hydrogen) atoms. The Morgan fingerprint density at radius 3 is 2.50 bits per heavy atom. The number of likely N-dealkylation sites (tertiary alicyclic amines) is 1. The lowest BCUT2D eigenvalue weighted by Gasteiger charge is -2.47. The van der Waals surface area contributed by atoms with Crippen LogP contribution in [0.5, 0.6) is 0 Å². The predicted octanol–water partition coefficient (Wildman–Crippen LogP) is 4.83. The number of anilines is 2. The number of hydrogen-bond donors (Lipinski definition) is 2. The van der Waals surface area contributed by atoms with E-state index in [0.29, 0.717) is 23.9 Å². The Kier molecular flexibility index (Phi) is 4.71. The van der Waals surface area contributed by atoms with Gasteiger partial charge in [0, 0.05) is 43.0 Å². The average Bonchev–Trinajstić information content (AvgIpc) is 3.08. The Morgan fingerprint density at radius 1 is 0.929 bits per heavy atom. The predicted molar refractivity (Wildman–Crippen MR) is 109 cm³/mol. The summed E-state index contributed by atoms with van der Waals surface area (Å²) in [5, 5.41) is 6.88. The van der Waals surface area contributed by atoms with Crippen LogP contribution < -0.4 is 10.6 Å². The third-order valence-electron chi connectivity index (χ3n) is 6.86. The molecule has 3 aliphatic rings. The molecule has 1 atom stereocenters. The third kappa shape index (κ3) is 3.48. The van der Waals surface area contributed by atoms with Gasteiger partial charge in [-0.1, -0.05) is 6.07 Å². The van der Waals surface area contributed by atoms with Crippen molar-refractivity contribution in [2.75, 3.05) is 30.3 Å². The monoisotopic (exact) mass is 383 g/mol. The van der Waals surface area contributed by atoms with Crippen molar-refractivity contribution in [3.63, 3.8) is 0 Å². The molecule has 2 heterocycles. The maximum Gasteiger partial charge on any atom is 0.125 e. The SMILES string of the molecule is Fc1cccc(NC2CN(C3CCC(C4CNc5ccc(F)cc54)CC3)C2)c1. The Bertz CT molecular complexity index is 841. The van der Waals surface area contributed by atoms with E-state index in [9.17, 15) is 8.78 Å². The van der Waals surface area contributed by atoms with E-state index >= 15 is 0 Å². The molecule has 0 radical (unpaired) electrons. The van der Waals surface area contributed by atoms with Gasteiger partial charge in [-0.2, -0.15) is 0 Å². The normalized spacial score (nSPS) is 27.7. The fourth-order valence-electron chi connectivity index (χ4n) is 5.34. The second-order valence-corrected chi connectivity index (χ2v) is 8.59. The first-order valence-corrected chi connectivity index (χ1v) is 10.4. The lowest BCUT2D eigenvalue weighted by Crippen LogP contribution is -2.59. The highest BCUT2D eigenvalue weighted by Gasteiger charge is 2.37. The van der Waals surface area contributed by atoms with E-state index in [2.05, 4.69) is 15.5 Å². The molecular formula is C23H27F2N3. The molecule has 0 amide bonds. The van der Waals surface area contributed by atoms with Crippen molar-refractivity contribution in [1.29, 1.82) is 0 Å². The Labute approximate surface area is 165 Å². The minimum atomic E-state index is -0.192. The molecule has 1 saturated heterocycles. The van der Waals surface area contributed by atoms with Crippen LogP contribution in [0.3, 0.4) is 0 Å². The summed E-state index contributed by atoms with van der Waals surface area (Å²) >= 11 is 0. The summed E-state index contributed by atoms with van der Waals surface area (Å²) in [6.45, 7) is 3.01. The summed E-state index contributed by atoms with van der Waals surface area (Å²) in [6, 6.07) is 12.9. The van der Waals surface area contributed by atoms with Gasteiger partial charge in [0.05, 0.1) is 6.04 Å². The number of benzene rings is 2. The summed E-state index contributed by atoms with van der Waals surface area (Å²) in [5.74, 6) is 0.778. The van der Waals surface area contributed by atoms with Crippen LogP contribution in [0, 0.1) is 17.6 Å². The zero-order valence-corrected chi connectivity index (χ0v) is 16.0. The maximum absolute atomic E-state index is 13.7. The summed E-state index contributed by atoms with van der Waals surface area (Å²) in [4.78, 5) is 2.56. The van der Waals surface area contributed by atoms with Crippen molar-refractivity contribution in [2.24, 2.45) is 5.92 Å². The highest BCUT2D eigenvalue weighted by Crippen LogP contribution is 2.43. The van der Waals surface area contributed by atoms with Crippen molar-refractivity contribution in [2.45, 2.75) is 43.7 Å². The van der Waals surface area contributed by atoms with Crippen molar-refractivity contribution >= 4 is 11.4 Å². The molecule has 2 aromatic rings. The molecule has 2 fully saturated rings. The van der Waals surface area contributed by atoms with Gasteiger partial charge in [-0.3, -0.25) is 4.90 Å². The lowest BCUT2D eigenvalue weighted by atomic mass is 9.75. The lowest BCUT2D eigenvalue weighted by molar-refractivity contribution is 0.0650. The van der Waals surface area contributed by atoms with Gasteiger partial charge >= 0.3 is 0 Å². The van der Waals surface area contributed by atoms with Crippen LogP contribution in [0.1, 0.15) is 37.2 Å². The standard InChI is InChI=1S/C23H27F2N3/c24-16-2-1-3-18(10-16)27-19-13-28(14-19)20-7-4-15(5-8-20)22-12-26-23-9-6-17(25)11-21(22)23/h1-3,6,9-11,15,19-20,22,26-27H,4-5,7-8,12-14H2. The second-order valence-electron chi connectivity index (χ2n) is 8.59. The van der Waals surface area contributed by atoms with Gasteiger partial charge in [0.2, 0.25) is 0 Å². The van der Waals surface area contributed by atoms with Crippen LogP contribution in [0.15, 0.2) is 42.5 Å². The molecule has 0 bridgehead atoms. The van der Waals surface area contributed by atoms with Crippen molar-refractivity contribution < 1.29 is 8.78 Å². The van der Waals surface area contributed by atoms with E-state index in [1.165, 1.54) is 37.3 Å². The first-order chi connectivity index (χ1) is 13.7. The Morgan fingerprint density at radius 2 is 1.71 bits per heavy atom. The molecule has 2 aromatic carbocycles. The van der Waals surface area contributed by atoms with Crippen LogP contribution in [0.4, 0.5) is 20.2 Å². The largest absolute Gasteiger partial charge is 0.384 e. The van der Waals surface area contributed by atoms with Gasteiger partial charge in [-0.05, 0) is 73.6 Å². The average molecular weight is 383 g/mol. The third-order valence-corrected chi connectivity index (χ3v) is 6.86. The van der Waals surface area contributed by atoms with Gasteiger partial charge < -0.3 is 10.6 Å². The van der Waals surface area contributed by atoms with E-state index in [1.54, 1.807) is 24.3 Å². The number of rotatable bonds is 4. The van der Waals surface area contributed by atoms with E-state index in [1.807, 2.05) is 12.1 Å². The molecule has 1 unspecified atom stereocenters. The molecule has 5 rings (SSSR count). The number of fused-ring (bicyclic) bond motifs is 1. The van der Waals surface area contributed by atoms with Crippen molar-refractivity contribution in [1.82, 2.24) is 4.90 Å². The smallest absolute Gasteiger partial charge is 0.125 e. The molecule has 1 saturated carbocycles. The van der Waals surface area contributed by atoms with Gasteiger partial charge in [-0.15, -0.1) is 0 Å². The van der Waals surface area contributed by atoms with E-state index in [-0.39, 0.29) is 11.6 Å². The Hall–Kier alpha value is -2.14. The van der Waals surface area contributed by atoms with Crippen LogP contribution in [0.25, 0.3) is 0 Å². The van der Waals surface area contributed by atoms with E-state index in [4.69, 9.17) is 0 Å². The number of nitrogens with zero attached hydrogens (tertiary/aromatic N) is 1. The molecule has 2 N–H and O–H groups in total.